The van der Waals surface area contributed by atoms with Gasteiger partial charge in [0.25, 0.3) is 0 Å². The van der Waals surface area contributed by atoms with Crippen molar-refractivity contribution in [2.75, 3.05) is 5.73 Å². The Morgan fingerprint density at radius 1 is 1.44 bits per heavy atom. The molecule has 96 valence electrons. The van der Waals surface area contributed by atoms with E-state index >= 15 is 0 Å². The normalized spacial score (nSPS) is 11.2. The van der Waals surface area contributed by atoms with E-state index in [1.54, 1.807) is 16.9 Å². The third kappa shape index (κ3) is 2.64. The van der Waals surface area contributed by atoms with Gasteiger partial charge in [-0.3, -0.25) is 4.68 Å². The van der Waals surface area contributed by atoms with Gasteiger partial charge in [-0.05, 0) is 24.1 Å². The summed E-state index contributed by atoms with van der Waals surface area (Å²) in [5.41, 5.74) is 7.71. The van der Waals surface area contributed by atoms with Crippen molar-refractivity contribution in [3.63, 3.8) is 0 Å². The lowest BCUT2D eigenvalue weighted by Crippen LogP contribution is -2.04. The minimum atomic E-state index is -0.371. The average molecular weight is 268 g/mol. The molecule has 1 heterocycles. The monoisotopic (exact) mass is 267 g/mol. The molecule has 0 aliphatic heterocycles. The van der Waals surface area contributed by atoms with E-state index in [-0.39, 0.29) is 5.82 Å². The molecule has 1 aromatic heterocycles. The highest BCUT2D eigenvalue weighted by atomic mass is 35.5. The average Bonchev–Trinajstić information content (AvgIpc) is 2.58. The molecular weight excluding hydrogens is 253 g/mol. The van der Waals surface area contributed by atoms with Crippen LogP contribution in [0.25, 0.3) is 11.3 Å². The standard InChI is InChI=1S/C13H15ClFN3/c1-8(2)6-18-7-12(16)13(17-18)10-4-3-9(15)5-11(10)14/h3-5,7-8H,6,16H2,1-2H3. The Kier molecular flexibility index (Phi) is 3.57. The summed E-state index contributed by atoms with van der Waals surface area (Å²) in [5, 5.41) is 4.71. The lowest BCUT2D eigenvalue weighted by molar-refractivity contribution is 0.484. The predicted molar refractivity (Wildman–Crippen MR) is 71.9 cm³/mol. The van der Waals surface area contributed by atoms with Gasteiger partial charge in [-0.2, -0.15) is 5.10 Å². The summed E-state index contributed by atoms with van der Waals surface area (Å²) in [6.07, 6.45) is 1.77. The van der Waals surface area contributed by atoms with E-state index in [9.17, 15) is 4.39 Å². The molecule has 0 atom stereocenters. The van der Waals surface area contributed by atoms with Crippen LogP contribution < -0.4 is 5.73 Å². The number of nitrogens with zero attached hydrogens (tertiary/aromatic N) is 2. The smallest absolute Gasteiger partial charge is 0.124 e. The largest absolute Gasteiger partial charge is 0.396 e. The molecule has 2 N–H and O–H groups in total. The maximum atomic E-state index is 13.0. The Hall–Kier alpha value is -1.55. The van der Waals surface area contributed by atoms with Crippen LogP contribution in [0.1, 0.15) is 13.8 Å². The van der Waals surface area contributed by atoms with Crippen LogP contribution in [0.2, 0.25) is 5.02 Å². The van der Waals surface area contributed by atoms with Crippen LogP contribution in [-0.4, -0.2) is 9.78 Å². The van der Waals surface area contributed by atoms with Crippen molar-refractivity contribution in [2.45, 2.75) is 20.4 Å². The number of aromatic nitrogens is 2. The lowest BCUT2D eigenvalue weighted by Gasteiger charge is -2.04. The molecule has 0 aliphatic carbocycles. The molecule has 3 nitrogen and oxygen atoms in total. The van der Waals surface area contributed by atoms with E-state index in [1.165, 1.54) is 12.1 Å². The van der Waals surface area contributed by atoms with Crippen molar-refractivity contribution >= 4 is 17.3 Å². The number of rotatable bonds is 3. The fourth-order valence-corrected chi connectivity index (χ4v) is 2.05. The Bertz CT molecular complexity index is 563. The molecule has 1 aromatic carbocycles. The van der Waals surface area contributed by atoms with Gasteiger partial charge in [0.1, 0.15) is 11.5 Å². The van der Waals surface area contributed by atoms with Crippen molar-refractivity contribution in [3.05, 3.63) is 35.2 Å². The maximum absolute atomic E-state index is 13.0. The van der Waals surface area contributed by atoms with Gasteiger partial charge < -0.3 is 5.73 Å². The second kappa shape index (κ2) is 4.98. The summed E-state index contributed by atoms with van der Waals surface area (Å²) in [4.78, 5) is 0. The minimum absolute atomic E-state index is 0.316. The van der Waals surface area contributed by atoms with Gasteiger partial charge in [0, 0.05) is 18.3 Å². The van der Waals surface area contributed by atoms with Crippen LogP contribution in [0, 0.1) is 11.7 Å². The summed E-state index contributed by atoms with van der Waals surface area (Å²) in [7, 11) is 0. The molecule has 0 bridgehead atoms. The van der Waals surface area contributed by atoms with Gasteiger partial charge in [0.2, 0.25) is 0 Å². The van der Waals surface area contributed by atoms with Crippen molar-refractivity contribution in [3.8, 4) is 11.3 Å². The lowest BCUT2D eigenvalue weighted by atomic mass is 10.1. The van der Waals surface area contributed by atoms with Crippen LogP contribution in [-0.2, 0) is 6.54 Å². The summed E-state index contributed by atoms with van der Waals surface area (Å²) in [5.74, 6) is 0.102. The summed E-state index contributed by atoms with van der Waals surface area (Å²) in [6, 6.07) is 4.20. The van der Waals surface area contributed by atoms with Gasteiger partial charge in [-0.25, -0.2) is 4.39 Å². The molecule has 0 amide bonds. The number of anilines is 1. The predicted octanol–water partition coefficient (Wildman–Crippen LogP) is 3.58. The zero-order valence-corrected chi connectivity index (χ0v) is 11.1. The van der Waals surface area contributed by atoms with E-state index in [2.05, 4.69) is 18.9 Å². The molecule has 5 heteroatoms. The first-order valence-corrected chi connectivity index (χ1v) is 6.13. The molecule has 0 saturated carbocycles. The second-order valence-corrected chi connectivity index (χ2v) is 5.08. The van der Waals surface area contributed by atoms with Crippen LogP contribution in [0.3, 0.4) is 0 Å². The molecule has 0 aliphatic rings. The molecule has 0 unspecified atom stereocenters. The Labute approximate surface area is 110 Å². The van der Waals surface area contributed by atoms with Crippen LogP contribution in [0.4, 0.5) is 10.1 Å². The molecule has 2 aromatic rings. The van der Waals surface area contributed by atoms with Crippen molar-refractivity contribution < 1.29 is 4.39 Å². The molecule has 0 radical (unpaired) electrons. The quantitative estimate of drug-likeness (QED) is 0.924. The van der Waals surface area contributed by atoms with E-state index in [4.69, 9.17) is 17.3 Å². The fourth-order valence-electron chi connectivity index (χ4n) is 1.80. The topological polar surface area (TPSA) is 43.8 Å². The first-order valence-electron chi connectivity index (χ1n) is 5.75. The number of halogens is 2. The van der Waals surface area contributed by atoms with E-state index in [0.717, 1.165) is 6.54 Å². The molecular formula is C13H15ClFN3. The third-order valence-electron chi connectivity index (χ3n) is 2.53. The number of benzene rings is 1. The molecule has 0 spiro atoms. The fraction of sp³-hybridized carbons (Fsp3) is 0.308. The highest BCUT2D eigenvalue weighted by molar-refractivity contribution is 6.33. The van der Waals surface area contributed by atoms with Crippen LogP contribution in [0.15, 0.2) is 24.4 Å². The number of nitrogen functional groups attached to an aromatic ring is 1. The van der Waals surface area contributed by atoms with Crippen molar-refractivity contribution in [1.29, 1.82) is 0 Å². The molecule has 0 saturated heterocycles. The number of hydrogen-bond acceptors (Lipinski definition) is 2. The van der Waals surface area contributed by atoms with Crippen LogP contribution >= 0.6 is 11.6 Å². The summed E-state index contributed by atoms with van der Waals surface area (Å²) in [6.45, 7) is 4.98. The second-order valence-electron chi connectivity index (χ2n) is 4.67. The third-order valence-corrected chi connectivity index (χ3v) is 2.84. The Morgan fingerprint density at radius 2 is 2.17 bits per heavy atom. The maximum Gasteiger partial charge on any atom is 0.124 e. The Balaban J connectivity index is 2.41. The van der Waals surface area contributed by atoms with Gasteiger partial charge in [-0.1, -0.05) is 25.4 Å². The van der Waals surface area contributed by atoms with Gasteiger partial charge in [-0.15, -0.1) is 0 Å². The molecule has 18 heavy (non-hydrogen) atoms. The minimum Gasteiger partial charge on any atom is -0.396 e. The van der Waals surface area contributed by atoms with E-state index < -0.39 is 0 Å². The van der Waals surface area contributed by atoms with Gasteiger partial charge in [0.05, 0.1) is 10.7 Å². The van der Waals surface area contributed by atoms with Crippen molar-refractivity contribution in [1.82, 2.24) is 9.78 Å². The van der Waals surface area contributed by atoms with E-state index in [0.29, 0.717) is 27.9 Å². The highest BCUT2D eigenvalue weighted by Crippen LogP contribution is 2.31. The highest BCUT2D eigenvalue weighted by Gasteiger charge is 2.13. The SMILES string of the molecule is CC(C)Cn1cc(N)c(-c2ccc(F)cc2Cl)n1. The van der Waals surface area contributed by atoms with Crippen LogP contribution in [0.5, 0.6) is 0 Å². The zero-order valence-electron chi connectivity index (χ0n) is 10.3. The number of hydrogen-bond donors (Lipinski definition) is 1. The zero-order chi connectivity index (χ0) is 13.3. The summed E-state index contributed by atoms with van der Waals surface area (Å²) < 4.78 is 14.8. The first-order chi connectivity index (χ1) is 8.47. The molecule has 0 fully saturated rings. The summed E-state index contributed by atoms with van der Waals surface area (Å²) >= 11 is 6.01. The van der Waals surface area contributed by atoms with E-state index in [1.807, 2.05) is 0 Å². The van der Waals surface area contributed by atoms with Crippen molar-refractivity contribution in [2.24, 2.45) is 5.92 Å². The molecule has 2 rings (SSSR count). The number of nitrogens with two attached hydrogens (primary N) is 1. The van der Waals surface area contributed by atoms with Gasteiger partial charge in [0.15, 0.2) is 0 Å². The van der Waals surface area contributed by atoms with Gasteiger partial charge >= 0.3 is 0 Å². The first kappa shape index (κ1) is 12.9. The Morgan fingerprint density at radius 3 is 2.78 bits per heavy atom.